The first-order valence-electron chi connectivity index (χ1n) is 9.56. The molecule has 0 fully saturated rings. The molecule has 2 aromatic carbocycles. The molecule has 0 radical (unpaired) electrons. The Morgan fingerprint density at radius 2 is 1.68 bits per heavy atom. The number of benzene rings is 2. The Balaban J connectivity index is 1.97. The number of carbonyl (C=O) groups excluding carboxylic acids is 1. The van der Waals surface area contributed by atoms with Crippen LogP contribution in [0.25, 0.3) is 22.2 Å². The van der Waals surface area contributed by atoms with Crippen molar-refractivity contribution < 1.29 is 14.3 Å². The number of nitrogen functional groups attached to an aromatic ring is 1. The fraction of sp³-hybridized carbons (Fsp3) is 0.318. The monoisotopic (exact) mass is 381 g/mol. The minimum atomic E-state index is -0.341. The smallest absolute Gasteiger partial charge is 0.415 e. The first-order valence-corrected chi connectivity index (χ1v) is 9.56. The van der Waals surface area contributed by atoms with Crippen LogP contribution >= 0.6 is 0 Å². The summed E-state index contributed by atoms with van der Waals surface area (Å²) in [4.78, 5) is 13.8. The third kappa shape index (κ3) is 3.50. The van der Waals surface area contributed by atoms with Crippen molar-refractivity contribution in [3.63, 3.8) is 0 Å². The van der Waals surface area contributed by atoms with Gasteiger partial charge in [-0.2, -0.15) is 0 Å². The Morgan fingerprint density at radius 1 is 1.04 bits per heavy atom. The van der Waals surface area contributed by atoms with Crippen LogP contribution in [0.2, 0.25) is 0 Å². The van der Waals surface area contributed by atoms with Crippen molar-refractivity contribution in [1.82, 2.24) is 9.47 Å². The maximum atomic E-state index is 12.1. The predicted octanol–water partition coefficient (Wildman–Crippen LogP) is 4.76. The van der Waals surface area contributed by atoms with E-state index >= 15 is 0 Å². The minimum Gasteiger partial charge on any atom is -0.497 e. The maximum absolute atomic E-state index is 12.1. The second-order valence-electron chi connectivity index (χ2n) is 6.45. The van der Waals surface area contributed by atoms with Crippen molar-refractivity contribution in [2.75, 3.05) is 25.9 Å². The number of amides is 1. The van der Waals surface area contributed by atoms with E-state index in [0.717, 1.165) is 40.1 Å². The zero-order valence-corrected chi connectivity index (χ0v) is 16.9. The number of rotatable bonds is 6. The zero-order valence-electron chi connectivity index (χ0n) is 16.9. The molecule has 0 aliphatic heterocycles. The second-order valence-corrected chi connectivity index (χ2v) is 6.45. The van der Waals surface area contributed by atoms with Crippen LogP contribution in [0.4, 0.5) is 10.5 Å². The third-order valence-electron chi connectivity index (χ3n) is 4.98. The van der Waals surface area contributed by atoms with Gasteiger partial charge in [-0.3, -0.25) is 0 Å². The van der Waals surface area contributed by atoms with Gasteiger partial charge in [-0.25, -0.2) is 4.79 Å². The van der Waals surface area contributed by atoms with Gasteiger partial charge in [0.15, 0.2) is 0 Å². The third-order valence-corrected chi connectivity index (χ3v) is 4.98. The molecule has 3 aromatic rings. The van der Waals surface area contributed by atoms with Crippen molar-refractivity contribution in [2.24, 2.45) is 0 Å². The molecule has 0 spiro atoms. The van der Waals surface area contributed by atoms with E-state index < -0.39 is 0 Å². The second kappa shape index (κ2) is 8.25. The summed E-state index contributed by atoms with van der Waals surface area (Å²) < 4.78 is 13.0. The number of fused-ring (bicyclic) bond motifs is 1. The maximum Gasteiger partial charge on any atom is 0.415 e. The molecule has 6 heteroatoms. The van der Waals surface area contributed by atoms with Crippen molar-refractivity contribution in [3.8, 4) is 22.8 Å². The van der Waals surface area contributed by atoms with Crippen LogP contribution in [0.3, 0.4) is 0 Å². The fourth-order valence-corrected chi connectivity index (χ4v) is 3.45. The number of ether oxygens (including phenoxy) is 2. The first kappa shape index (κ1) is 19.6. The summed E-state index contributed by atoms with van der Waals surface area (Å²) in [5.41, 5.74) is 10.2. The molecule has 0 saturated carbocycles. The van der Waals surface area contributed by atoms with E-state index in [1.165, 1.54) is 0 Å². The van der Waals surface area contributed by atoms with Crippen molar-refractivity contribution in [2.45, 2.75) is 27.3 Å². The molecule has 0 aliphatic rings. The molecule has 0 atom stereocenters. The Morgan fingerprint density at radius 3 is 2.25 bits per heavy atom. The average Bonchev–Trinajstić information content (AvgIpc) is 3.00. The summed E-state index contributed by atoms with van der Waals surface area (Å²) >= 11 is 0. The lowest BCUT2D eigenvalue weighted by molar-refractivity contribution is 0.157. The first-order chi connectivity index (χ1) is 13.5. The number of hydrogen-bond acceptors (Lipinski definition) is 4. The fourth-order valence-electron chi connectivity index (χ4n) is 3.45. The number of methoxy groups -OCH3 is 1. The lowest BCUT2D eigenvalue weighted by Crippen LogP contribution is -2.33. The van der Waals surface area contributed by atoms with E-state index in [1.807, 2.05) is 44.2 Å². The number of hydrogen-bond donors (Lipinski definition) is 1. The summed E-state index contributed by atoms with van der Waals surface area (Å²) in [5.74, 6) is 1.31. The molecule has 3 rings (SSSR count). The molecule has 1 aromatic heterocycles. The highest BCUT2D eigenvalue weighted by Gasteiger charge is 2.17. The summed E-state index contributed by atoms with van der Waals surface area (Å²) in [7, 11) is 1.66. The molecule has 148 valence electrons. The number of aryl methyl sites for hydroxylation is 1. The number of anilines is 1. The van der Waals surface area contributed by atoms with E-state index in [-0.39, 0.29) is 6.09 Å². The van der Waals surface area contributed by atoms with Gasteiger partial charge in [0.2, 0.25) is 0 Å². The Labute approximate surface area is 165 Å². The molecule has 28 heavy (non-hydrogen) atoms. The number of nitrogens with zero attached hydrogens (tertiary/aromatic N) is 2. The Kier molecular flexibility index (Phi) is 5.78. The van der Waals surface area contributed by atoms with Crippen LogP contribution in [0.1, 0.15) is 20.8 Å². The molecule has 2 N–H and O–H groups in total. The highest BCUT2D eigenvalue weighted by atomic mass is 16.6. The number of carbonyl (C=O) groups is 1. The van der Waals surface area contributed by atoms with Crippen LogP contribution in [-0.4, -0.2) is 35.8 Å². The summed E-state index contributed by atoms with van der Waals surface area (Å²) in [6, 6.07) is 13.4. The van der Waals surface area contributed by atoms with Gasteiger partial charge < -0.3 is 24.7 Å². The van der Waals surface area contributed by atoms with Crippen LogP contribution in [0.15, 0.2) is 42.5 Å². The quantitative estimate of drug-likeness (QED) is 0.668. The minimum absolute atomic E-state index is 0.341. The molecule has 0 saturated heterocycles. The van der Waals surface area contributed by atoms with Crippen molar-refractivity contribution in [3.05, 3.63) is 42.5 Å². The predicted molar refractivity (Wildman–Crippen MR) is 113 cm³/mol. The van der Waals surface area contributed by atoms with Crippen LogP contribution < -0.4 is 15.2 Å². The summed E-state index contributed by atoms with van der Waals surface area (Å²) in [5, 5.41) is 0.995. The topological polar surface area (TPSA) is 69.7 Å². The van der Waals surface area contributed by atoms with E-state index in [2.05, 4.69) is 11.5 Å². The van der Waals surface area contributed by atoms with E-state index in [9.17, 15) is 4.79 Å². The van der Waals surface area contributed by atoms with Gasteiger partial charge in [0.25, 0.3) is 0 Å². The Hall–Kier alpha value is -3.15. The lowest BCUT2D eigenvalue weighted by Gasteiger charge is -2.18. The van der Waals surface area contributed by atoms with Crippen LogP contribution in [0, 0.1) is 0 Å². The molecule has 1 amide bonds. The highest BCUT2D eigenvalue weighted by Crippen LogP contribution is 2.38. The van der Waals surface area contributed by atoms with Gasteiger partial charge >= 0.3 is 6.09 Å². The summed E-state index contributed by atoms with van der Waals surface area (Å²) in [6.45, 7) is 7.94. The normalized spacial score (nSPS) is 10.9. The van der Waals surface area contributed by atoms with Gasteiger partial charge in [-0.15, -0.1) is 0 Å². The highest BCUT2D eigenvalue weighted by molar-refractivity contribution is 6.01. The van der Waals surface area contributed by atoms with Gasteiger partial charge in [0, 0.05) is 36.7 Å². The summed E-state index contributed by atoms with van der Waals surface area (Å²) in [6.07, 6.45) is -0.341. The van der Waals surface area contributed by atoms with Gasteiger partial charge in [0.05, 0.1) is 24.0 Å². The average molecular weight is 381 g/mol. The lowest BCUT2D eigenvalue weighted by atomic mass is 10.1. The van der Waals surface area contributed by atoms with E-state index in [0.29, 0.717) is 18.8 Å². The van der Waals surface area contributed by atoms with Gasteiger partial charge in [-0.1, -0.05) is 0 Å². The number of aromatic nitrogens is 1. The van der Waals surface area contributed by atoms with Crippen LogP contribution in [0.5, 0.6) is 11.5 Å². The molecular weight excluding hydrogens is 354 g/mol. The number of nitrogens with two attached hydrogens (primary N) is 1. The van der Waals surface area contributed by atoms with Crippen molar-refractivity contribution in [1.29, 1.82) is 0 Å². The van der Waals surface area contributed by atoms with Crippen molar-refractivity contribution >= 4 is 22.7 Å². The van der Waals surface area contributed by atoms with E-state index in [1.54, 1.807) is 24.1 Å². The molecule has 0 unspecified atom stereocenters. The molecule has 6 nitrogen and oxygen atoms in total. The zero-order chi connectivity index (χ0) is 20.3. The van der Waals surface area contributed by atoms with E-state index in [4.69, 9.17) is 15.2 Å². The van der Waals surface area contributed by atoms with Gasteiger partial charge in [-0.05, 0) is 57.2 Å². The van der Waals surface area contributed by atoms with Crippen LogP contribution in [-0.2, 0) is 6.54 Å². The molecule has 0 aliphatic carbocycles. The standard InChI is InChI=1S/C22H27N3O3/c1-5-24(6-2)22(26)28-16-10-8-15(9-11-16)21-20(23)18-13-12-17(27-4)14-19(18)25(21)7-3/h8-14H,5-7,23H2,1-4H3. The van der Waals surface area contributed by atoms with Gasteiger partial charge in [0.1, 0.15) is 11.5 Å². The molecule has 1 heterocycles. The Bertz CT molecular complexity index is 973. The largest absolute Gasteiger partial charge is 0.497 e. The molecule has 0 bridgehead atoms. The SMILES string of the molecule is CCN(CC)C(=O)Oc1ccc(-c2c(N)c3ccc(OC)cc3n2CC)cc1. The molecular formula is C22H27N3O3.